The summed E-state index contributed by atoms with van der Waals surface area (Å²) < 4.78 is 18.9. The third-order valence-corrected chi connectivity index (χ3v) is 3.51. The van der Waals surface area contributed by atoms with Crippen LogP contribution in [-0.2, 0) is 4.74 Å². The number of alkyl halides is 1. The van der Waals surface area contributed by atoms with E-state index >= 15 is 0 Å². The number of rotatable bonds is 3. The van der Waals surface area contributed by atoms with Gasteiger partial charge in [-0.15, -0.1) is 0 Å². The summed E-state index contributed by atoms with van der Waals surface area (Å²) in [5.41, 5.74) is -1.60. The van der Waals surface area contributed by atoms with Gasteiger partial charge < -0.3 is 10.1 Å². The molecule has 1 N–H and O–H groups in total. The van der Waals surface area contributed by atoms with Gasteiger partial charge in [0.05, 0.1) is 0 Å². The van der Waals surface area contributed by atoms with E-state index in [1.54, 1.807) is 32.5 Å². The lowest BCUT2D eigenvalue weighted by atomic mass is 10.0. The van der Waals surface area contributed by atoms with Crippen molar-refractivity contribution in [2.75, 3.05) is 18.1 Å². The van der Waals surface area contributed by atoms with E-state index in [0.29, 0.717) is 25.1 Å². The van der Waals surface area contributed by atoms with Crippen molar-refractivity contribution in [2.24, 2.45) is 0 Å². The summed E-state index contributed by atoms with van der Waals surface area (Å²) in [5, 5.41) is 2.58. The van der Waals surface area contributed by atoms with Gasteiger partial charge in [0.25, 0.3) is 0 Å². The van der Waals surface area contributed by atoms with Crippen molar-refractivity contribution in [3.05, 3.63) is 0 Å². The van der Waals surface area contributed by atoms with Gasteiger partial charge in [-0.2, -0.15) is 11.8 Å². The van der Waals surface area contributed by atoms with Gasteiger partial charge in [0.1, 0.15) is 11.3 Å². The predicted octanol–water partition coefficient (Wildman–Crippen LogP) is 2.75. The fourth-order valence-electron chi connectivity index (χ4n) is 1.48. The van der Waals surface area contributed by atoms with Crippen LogP contribution < -0.4 is 5.32 Å². The minimum Gasteiger partial charge on any atom is -0.444 e. The number of nitrogens with one attached hydrogen (secondary N) is 1. The van der Waals surface area contributed by atoms with Gasteiger partial charge >= 0.3 is 6.09 Å². The van der Waals surface area contributed by atoms with Gasteiger partial charge in [-0.05, 0) is 39.4 Å². The highest BCUT2D eigenvalue weighted by atomic mass is 32.2. The quantitative estimate of drug-likeness (QED) is 0.836. The Hall–Kier alpha value is -0.450. The maximum Gasteiger partial charge on any atom is 0.407 e. The van der Waals surface area contributed by atoms with Crippen LogP contribution in [0.3, 0.4) is 0 Å². The molecule has 1 amide bonds. The van der Waals surface area contributed by atoms with Gasteiger partial charge in [-0.3, -0.25) is 0 Å². The van der Waals surface area contributed by atoms with Crippen molar-refractivity contribution in [1.82, 2.24) is 5.32 Å². The molecule has 1 aliphatic rings. The van der Waals surface area contributed by atoms with E-state index in [-0.39, 0.29) is 0 Å². The molecule has 0 aromatic carbocycles. The second-order valence-electron chi connectivity index (χ2n) is 5.13. The normalized spacial score (nSPS) is 25.5. The Morgan fingerprint density at radius 1 is 1.56 bits per heavy atom. The summed E-state index contributed by atoms with van der Waals surface area (Å²) in [7, 11) is 0. The summed E-state index contributed by atoms with van der Waals surface area (Å²) in [5.74, 6) is 1.42. The molecule has 0 spiro atoms. The zero-order valence-electron chi connectivity index (χ0n) is 10.1. The second-order valence-corrected chi connectivity index (χ2v) is 6.24. The summed E-state index contributed by atoms with van der Waals surface area (Å²) in [6.07, 6.45) is 0.495. The molecule has 1 saturated heterocycles. The van der Waals surface area contributed by atoms with Crippen LogP contribution in [0.15, 0.2) is 0 Å². The number of carbonyl (C=O) groups excluding carboxylic acids is 1. The monoisotopic (exact) mass is 249 g/mol. The fraction of sp³-hybridized carbons (Fsp3) is 0.909. The Kier molecular flexibility index (Phi) is 4.47. The number of alkyl carbamates (subject to hydrolysis) is 1. The van der Waals surface area contributed by atoms with Gasteiger partial charge in [0, 0.05) is 12.3 Å². The SMILES string of the molecule is CC(C)(C)OC(=O)NCCC1(F)CCSC1. The maximum atomic E-state index is 13.9. The molecule has 5 heteroatoms. The lowest BCUT2D eigenvalue weighted by molar-refractivity contribution is 0.0517. The third-order valence-electron chi connectivity index (χ3n) is 2.30. The summed E-state index contributed by atoms with van der Waals surface area (Å²) in [4.78, 5) is 11.3. The van der Waals surface area contributed by atoms with E-state index in [4.69, 9.17) is 4.74 Å². The van der Waals surface area contributed by atoms with Crippen LogP contribution in [0.4, 0.5) is 9.18 Å². The Labute approximate surface area is 100 Å². The molecule has 1 atom stereocenters. The summed E-state index contributed by atoms with van der Waals surface area (Å²) >= 11 is 1.63. The van der Waals surface area contributed by atoms with Crippen molar-refractivity contribution in [2.45, 2.75) is 44.9 Å². The minimum atomic E-state index is -1.10. The average molecular weight is 249 g/mol. The maximum absolute atomic E-state index is 13.9. The van der Waals surface area contributed by atoms with Crippen molar-refractivity contribution >= 4 is 17.9 Å². The Morgan fingerprint density at radius 2 is 2.25 bits per heavy atom. The predicted molar refractivity (Wildman–Crippen MR) is 64.6 cm³/mol. The Balaban J connectivity index is 2.18. The van der Waals surface area contributed by atoms with E-state index in [9.17, 15) is 9.18 Å². The molecule has 0 radical (unpaired) electrons. The van der Waals surface area contributed by atoms with Gasteiger partial charge in [0.2, 0.25) is 0 Å². The number of carbonyl (C=O) groups is 1. The lowest BCUT2D eigenvalue weighted by Gasteiger charge is -2.21. The number of halogens is 1. The second kappa shape index (κ2) is 5.25. The van der Waals surface area contributed by atoms with Crippen molar-refractivity contribution in [3.63, 3.8) is 0 Å². The first-order valence-corrected chi connectivity index (χ1v) is 6.70. The molecule has 3 nitrogen and oxygen atoms in total. The number of hydrogen-bond donors (Lipinski definition) is 1. The zero-order valence-corrected chi connectivity index (χ0v) is 11.0. The van der Waals surface area contributed by atoms with Crippen LogP contribution in [0.1, 0.15) is 33.6 Å². The molecule has 94 valence electrons. The number of hydrogen-bond acceptors (Lipinski definition) is 3. The molecule has 1 heterocycles. The smallest absolute Gasteiger partial charge is 0.407 e. The molecular formula is C11H20FNO2S. The molecule has 1 fully saturated rings. The molecule has 0 aliphatic carbocycles. The van der Waals surface area contributed by atoms with Crippen molar-refractivity contribution in [1.29, 1.82) is 0 Å². The summed E-state index contributed by atoms with van der Waals surface area (Å²) in [6.45, 7) is 5.75. The molecule has 0 bridgehead atoms. The lowest BCUT2D eigenvalue weighted by Crippen LogP contribution is -2.36. The molecule has 16 heavy (non-hydrogen) atoms. The zero-order chi connectivity index (χ0) is 12.2. The van der Waals surface area contributed by atoms with Crippen LogP contribution in [0.2, 0.25) is 0 Å². The number of ether oxygens (including phenoxy) is 1. The molecule has 0 saturated carbocycles. The van der Waals surface area contributed by atoms with Crippen LogP contribution in [0, 0.1) is 0 Å². The standard InChI is InChI=1S/C11H20FNO2S/c1-10(2,3)15-9(14)13-6-4-11(12)5-7-16-8-11/h4-8H2,1-3H3,(H,13,14). The molecule has 1 unspecified atom stereocenters. The number of thioether (sulfide) groups is 1. The topological polar surface area (TPSA) is 38.3 Å². The summed E-state index contributed by atoms with van der Waals surface area (Å²) in [6, 6.07) is 0. The number of amides is 1. The highest BCUT2D eigenvalue weighted by molar-refractivity contribution is 7.99. The first-order chi connectivity index (χ1) is 7.31. The molecule has 0 aromatic rings. The fourth-order valence-corrected chi connectivity index (χ4v) is 2.79. The largest absolute Gasteiger partial charge is 0.444 e. The van der Waals surface area contributed by atoms with Crippen molar-refractivity contribution < 1.29 is 13.9 Å². The highest BCUT2D eigenvalue weighted by Crippen LogP contribution is 2.33. The first-order valence-electron chi connectivity index (χ1n) is 5.54. The van der Waals surface area contributed by atoms with E-state index in [0.717, 1.165) is 5.75 Å². The molecule has 1 rings (SSSR count). The first kappa shape index (κ1) is 13.6. The van der Waals surface area contributed by atoms with Crippen LogP contribution >= 0.6 is 11.8 Å². The van der Waals surface area contributed by atoms with Crippen LogP contribution in [-0.4, -0.2) is 35.4 Å². The highest BCUT2D eigenvalue weighted by Gasteiger charge is 2.33. The van der Waals surface area contributed by atoms with Crippen LogP contribution in [0.25, 0.3) is 0 Å². The Bertz CT molecular complexity index is 247. The molecule has 0 aromatic heterocycles. The minimum absolute atomic E-state index is 0.339. The van der Waals surface area contributed by atoms with E-state index in [1.165, 1.54) is 0 Å². The Morgan fingerprint density at radius 3 is 2.75 bits per heavy atom. The van der Waals surface area contributed by atoms with E-state index in [1.807, 2.05) is 0 Å². The molecular weight excluding hydrogens is 229 g/mol. The van der Waals surface area contributed by atoms with Gasteiger partial charge in [-0.1, -0.05) is 0 Å². The van der Waals surface area contributed by atoms with Gasteiger partial charge in [-0.25, -0.2) is 9.18 Å². The van der Waals surface area contributed by atoms with Gasteiger partial charge in [0.15, 0.2) is 0 Å². The van der Waals surface area contributed by atoms with Crippen molar-refractivity contribution in [3.8, 4) is 0 Å². The van der Waals surface area contributed by atoms with E-state index in [2.05, 4.69) is 5.32 Å². The third kappa shape index (κ3) is 5.05. The average Bonchev–Trinajstić information content (AvgIpc) is 2.49. The van der Waals surface area contributed by atoms with E-state index < -0.39 is 17.4 Å². The molecule has 1 aliphatic heterocycles. The van der Waals surface area contributed by atoms with Crippen LogP contribution in [0.5, 0.6) is 0 Å².